The largest absolute Gasteiger partial charge is 0.405 e. The summed E-state index contributed by atoms with van der Waals surface area (Å²) in [6.45, 7) is 0.947. The first kappa shape index (κ1) is 13.9. The Morgan fingerprint density at radius 2 is 2.12 bits per heavy atom. The van der Waals surface area contributed by atoms with Crippen LogP contribution in [0.2, 0.25) is 5.02 Å². The molecule has 0 aliphatic carbocycles. The van der Waals surface area contributed by atoms with Crippen LogP contribution >= 0.6 is 11.6 Å². The number of anilines is 2. The molecule has 0 aliphatic rings. The zero-order valence-corrected chi connectivity index (χ0v) is 10.0. The van der Waals surface area contributed by atoms with Crippen LogP contribution in [-0.2, 0) is 0 Å². The van der Waals surface area contributed by atoms with Crippen LogP contribution in [0.1, 0.15) is 13.3 Å². The zero-order valence-electron chi connectivity index (χ0n) is 9.26. The van der Waals surface area contributed by atoms with Crippen LogP contribution in [0.3, 0.4) is 0 Å². The lowest BCUT2D eigenvalue weighted by Crippen LogP contribution is -2.35. The number of pyridine rings is 1. The third-order valence-corrected chi connectivity index (χ3v) is 2.28. The number of nitrogens with zero attached hydrogens (tertiary/aromatic N) is 2. The van der Waals surface area contributed by atoms with E-state index in [1.165, 1.54) is 12.3 Å². The third-order valence-electron chi connectivity index (χ3n) is 2.01. The molecule has 0 unspecified atom stereocenters. The lowest BCUT2D eigenvalue weighted by atomic mass is 10.3. The SMILES string of the molecule is CCCN(CC(F)(F)F)c1ncc(N)cc1Cl. The van der Waals surface area contributed by atoms with Gasteiger partial charge in [0.1, 0.15) is 12.4 Å². The molecule has 1 aromatic rings. The highest BCUT2D eigenvalue weighted by Gasteiger charge is 2.31. The second kappa shape index (κ2) is 5.44. The maximum atomic E-state index is 12.4. The molecule has 0 radical (unpaired) electrons. The summed E-state index contributed by atoms with van der Waals surface area (Å²) >= 11 is 5.84. The minimum Gasteiger partial charge on any atom is -0.397 e. The smallest absolute Gasteiger partial charge is 0.397 e. The van der Waals surface area contributed by atoms with Gasteiger partial charge in [-0.3, -0.25) is 0 Å². The number of halogens is 4. The van der Waals surface area contributed by atoms with Gasteiger partial charge in [-0.15, -0.1) is 0 Å². The van der Waals surface area contributed by atoms with Gasteiger partial charge in [0, 0.05) is 6.54 Å². The van der Waals surface area contributed by atoms with Crippen molar-refractivity contribution in [2.75, 3.05) is 23.7 Å². The molecule has 0 amide bonds. The average molecular weight is 268 g/mol. The Labute approximate surface area is 102 Å². The van der Waals surface area contributed by atoms with Crippen molar-refractivity contribution in [3.63, 3.8) is 0 Å². The molecule has 0 saturated carbocycles. The number of aromatic nitrogens is 1. The van der Waals surface area contributed by atoms with E-state index < -0.39 is 12.7 Å². The number of alkyl halides is 3. The maximum Gasteiger partial charge on any atom is 0.405 e. The average Bonchev–Trinajstić information content (AvgIpc) is 2.14. The Bertz CT molecular complexity index is 382. The molecule has 0 atom stereocenters. The lowest BCUT2D eigenvalue weighted by Gasteiger charge is -2.25. The van der Waals surface area contributed by atoms with Gasteiger partial charge in [-0.1, -0.05) is 18.5 Å². The molecule has 0 saturated heterocycles. The quantitative estimate of drug-likeness (QED) is 0.911. The van der Waals surface area contributed by atoms with E-state index in [1.54, 1.807) is 6.92 Å². The van der Waals surface area contributed by atoms with Gasteiger partial charge in [0.05, 0.1) is 16.9 Å². The normalized spacial score (nSPS) is 11.6. The van der Waals surface area contributed by atoms with E-state index in [4.69, 9.17) is 17.3 Å². The maximum absolute atomic E-state index is 12.4. The van der Waals surface area contributed by atoms with E-state index in [-0.39, 0.29) is 17.4 Å². The van der Waals surface area contributed by atoms with Crippen molar-refractivity contribution in [1.29, 1.82) is 0 Å². The summed E-state index contributed by atoms with van der Waals surface area (Å²) < 4.78 is 37.2. The molecule has 1 rings (SSSR count). The molecule has 17 heavy (non-hydrogen) atoms. The van der Waals surface area contributed by atoms with E-state index in [0.29, 0.717) is 12.1 Å². The van der Waals surface area contributed by atoms with Crippen LogP contribution in [0.4, 0.5) is 24.7 Å². The van der Waals surface area contributed by atoms with Crippen LogP contribution in [0.15, 0.2) is 12.3 Å². The second-order valence-corrected chi connectivity index (χ2v) is 4.02. The molecule has 0 bridgehead atoms. The molecule has 3 nitrogen and oxygen atoms in total. The Hall–Kier alpha value is -1.17. The van der Waals surface area contributed by atoms with Crippen molar-refractivity contribution in [3.8, 4) is 0 Å². The summed E-state index contributed by atoms with van der Waals surface area (Å²) in [5, 5.41) is 0.128. The van der Waals surface area contributed by atoms with Gasteiger partial charge in [-0.25, -0.2) is 4.98 Å². The Balaban J connectivity index is 2.97. The molecular weight excluding hydrogens is 255 g/mol. The minimum absolute atomic E-state index is 0.111. The number of hydrogen-bond acceptors (Lipinski definition) is 3. The first-order valence-electron chi connectivity index (χ1n) is 5.06. The van der Waals surface area contributed by atoms with Crippen molar-refractivity contribution >= 4 is 23.1 Å². The number of nitrogen functional groups attached to an aromatic ring is 1. The van der Waals surface area contributed by atoms with Crippen molar-refractivity contribution in [2.24, 2.45) is 0 Å². The molecule has 7 heteroatoms. The summed E-state index contributed by atoms with van der Waals surface area (Å²) in [7, 11) is 0. The number of rotatable bonds is 4. The molecule has 0 aliphatic heterocycles. The van der Waals surface area contributed by atoms with E-state index in [1.807, 2.05) is 0 Å². The molecule has 1 heterocycles. The van der Waals surface area contributed by atoms with E-state index in [2.05, 4.69) is 4.98 Å². The first-order valence-corrected chi connectivity index (χ1v) is 5.44. The molecule has 0 fully saturated rings. The zero-order chi connectivity index (χ0) is 13.1. The topological polar surface area (TPSA) is 42.2 Å². The van der Waals surface area contributed by atoms with Gasteiger partial charge >= 0.3 is 6.18 Å². The van der Waals surface area contributed by atoms with Crippen LogP contribution in [0.25, 0.3) is 0 Å². The summed E-state index contributed by atoms with van der Waals surface area (Å²) in [6, 6.07) is 1.39. The van der Waals surface area contributed by atoms with Crippen LogP contribution in [0, 0.1) is 0 Å². The van der Waals surface area contributed by atoms with Gasteiger partial charge in [-0.05, 0) is 12.5 Å². The standard InChI is InChI=1S/C10H13ClF3N3/c1-2-3-17(6-10(12,13)14)9-8(11)4-7(15)5-16-9/h4-5H,2-3,6,15H2,1H3. The molecule has 2 N–H and O–H groups in total. The Kier molecular flexibility index (Phi) is 4.45. The fraction of sp³-hybridized carbons (Fsp3) is 0.500. The van der Waals surface area contributed by atoms with Gasteiger partial charge in [0.15, 0.2) is 0 Å². The number of hydrogen-bond donors (Lipinski definition) is 1. The van der Waals surface area contributed by atoms with E-state index in [9.17, 15) is 13.2 Å². The van der Waals surface area contributed by atoms with Crippen LogP contribution in [0.5, 0.6) is 0 Å². The van der Waals surface area contributed by atoms with Gasteiger partial charge in [0.2, 0.25) is 0 Å². The van der Waals surface area contributed by atoms with Gasteiger partial charge in [0.25, 0.3) is 0 Å². The van der Waals surface area contributed by atoms with Crippen molar-refractivity contribution in [2.45, 2.75) is 19.5 Å². The van der Waals surface area contributed by atoms with E-state index in [0.717, 1.165) is 4.90 Å². The van der Waals surface area contributed by atoms with E-state index >= 15 is 0 Å². The van der Waals surface area contributed by atoms with Crippen molar-refractivity contribution in [3.05, 3.63) is 17.3 Å². The highest BCUT2D eigenvalue weighted by molar-refractivity contribution is 6.33. The Morgan fingerprint density at radius 3 is 2.59 bits per heavy atom. The molecule has 96 valence electrons. The summed E-state index contributed by atoms with van der Waals surface area (Å²) in [5.74, 6) is 0.111. The summed E-state index contributed by atoms with van der Waals surface area (Å²) in [5.41, 5.74) is 5.76. The van der Waals surface area contributed by atoms with Crippen LogP contribution in [-0.4, -0.2) is 24.2 Å². The van der Waals surface area contributed by atoms with Crippen LogP contribution < -0.4 is 10.6 Å². The minimum atomic E-state index is -4.29. The van der Waals surface area contributed by atoms with Crippen molar-refractivity contribution in [1.82, 2.24) is 4.98 Å². The third kappa shape index (κ3) is 4.30. The number of nitrogens with two attached hydrogens (primary N) is 1. The monoisotopic (exact) mass is 267 g/mol. The van der Waals surface area contributed by atoms with Crippen molar-refractivity contribution < 1.29 is 13.2 Å². The lowest BCUT2D eigenvalue weighted by molar-refractivity contribution is -0.119. The fourth-order valence-electron chi connectivity index (χ4n) is 1.42. The molecule has 0 aromatic carbocycles. The fourth-order valence-corrected chi connectivity index (χ4v) is 1.72. The summed E-state index contributed by atoms with van der Waals surface area (Å²) in [4.78, 5) is 4.95. The highest BCUT2D eigenvalue weighted by atomic mass is 35.5. The summed E-state index contributed by atoms with van der Waals surface area (Å²) in [6.07, 6.45) is -2.43. The Morgan fingerprint density at radius 1 is 1.47 bits per heavy atom. The van der Waals surface area contributed by atoms with Gasteiger partial charge in [-0.2, -0.15) is 13.2 Å². The predicted octanol–water partition coefficient (Wildman–Crippen LogP) is 3.10. The second-order valence-electron chi connectivity index (χ2n) is 3.61. The molecular formula is C10H13ClF3N3. The highest BCUT2D eigenvalue weighted by Crippen LogP contribution is 2.28. The predicted molar refractivity (Wildman–Crippen MR) is 62.2 cm³/mol. The molecule has 0 spiro atoms. The van der Waals surface area contributed by atoms with Gasteiger partial charge < -0.3 is 10.6 Å². The first-order chi connectivity index (χ1) is 7.83. The molecule has 1 aromatic heterocycles.